The molecule has 1 aliphatic rings. The first-order valence-electron chi connectivity index (χ1n) is 4.74. The average molecular weight is 181 g/mol. The molecule has 13 heavy (non-hydrogen) atoms. The largest absolute Gasteiger partial charge is 0.323 e. The molecule has 0 aromatic carbocycles. The Kier molecular flexibility index (Phi) is 2.22. The maximum atomic E-state index is 10.7. The van der Waals surface area contributed by atoms with Crippen molar-refractivity contribution >= 4 is 0 Å². The molecule has 4 nitrogen and oxygen atoms in total. The van der Waals surface area contributed by atoms with E-state index in [0.717, 1.165) is 18.2 Å². The molecule has 0 atom stereocenters. The summed E-state index contributed by atoms with van der Waals surface area (Å²) in [5, 5.41) is 3.39. The summed E-state index contributed by atoms with van der Waals surface area (Å²) in [5.41, 5.74) is 0.809. The Hall–Kier alpha value is -1.03. The predicted molar refractivity (Wildman–Crippen MR) is 50.4 cm³/mol. The lowest BCUT2D eigenvalue weighted by molar-refractivity contribution is 0.240. The van der Waals surface area contributed by atoms with E-state index in [-0.39, 0.29) is 5.69 Å². The van der Waals surface area contributed by atoms with Gasteiger partial charge in [0.25, 0.3) is 0 Å². The average Bonchev–Trinajstić information content (AvgIpc) is 2.43. The van der Waals surface area contributed by atoms with Crippen LogP contribution < -0.4 is 11.0 Å². The van der Waals surface area contributed by atoms with Crippen LogP contribution in [-0.4, -0.2) is 16.0 Å². The fourth-order valence-electron chi connectivity index (χ4n) is 1.79. The summed E-state index contributed by atoms with van der Waals surface area (Å²) in [6.45, 7) is 3.02. The number of aromatic nitrogens is 2. The molecule has 1 aromatic heterocycles. The molecule has 1 saturated carbocycles. The third kappa shape index (κ3) is 2.01. The van der Waals surface area contributed by atoms with Gasteiger partial charge in [-0.05, 0) is 18.8 Å². The summed E-state index contributed by atoms with van der Waals surface area (Å²) < 4.78 is 0. The van der Waals surface area contributed by atoms with Crippen molar-refractivity contribution in [3.05, 3.63) is 22.4 Å². The zero-order chi connectivity index (χ0) is 9.26. The van der Waals surface area contributed by atoms with Gasteiger partial charge in [-0.25, -0.2) is 4.79 Å². The quantitative estimate of drug-likeness (QED) is 0.639. The second-order valence-electron chi connectivity index (χ2n) is 3.92. The Balaban J connectivity index is 1.77. The molecule has 72 valence electrons. The molecule has 1 aromatic rings. The number of hydrogen-bond acceptors (Lipinski definition) is 2. The summed E-state index contributed by atoms with van der Waals surface area (Å²) in [7, 11) is 0. The molecule has 4 heteroatoms. The van der Waals surface area contributed by atoms with Gasteiger partial charge in [0.1, 0.15) is 0 Å². The Labute approximate surface area is 76.8 Å². The Bertz CT molecular complexity index is 322. The third-order valence-electron chi connectivity index (χ3n) is 2.61. The van der Waals surface area contributed by atoms with Crippen LogP contribution in [0.4, 0.5) is 0 Å². The maximum Gasteiger partial charge on any atom is 0.323 e. The lowest BCUT2D eigenvalue weighted by Crippen LogP contribution is -2.39. The van der Waals surface area contributed by atoms with Crippen molar-refractivity contribution in [2.24, 2.45) is 5.92 Å². The van der Waals surface area contributed by atoms with E-state index in [1.54, 1.807) is 6.20 Å². The fourth-order valence-corrected chi connectivity index (χ4v) is 1.79. The van der Waals surface area contributed by atoms with E-state index in [1.807, 2.05) is 0 Å². The first-order valence-corrected chi connectivity index (χ1v) is 4.74. The van der Waals surface area contributed by atoms with Gasteiger partial charge in [-0.3, -0.25) is 0 Å². The summed E-state index contributed by atoms with van der Waals surface area (Å²) in [6, 6.07) is 0.647. The highest BCUT2D eigenvalue weighted by Gasteiger charge is 2.24. The molecule has 0 amide bonds. The van der Waals surface area contributed by atoms with Crippen LogP contribution in [0.2, 0.25) is 0 Å². The smallest absolute Gasteiger partial charge is 0.313 e. The van der Waals surface area contributed by atoms with Crippen molar-refractivity contribution in [2.75, 3.05) is 0 Å². The van der Waals surface area contributed by atoms with Crippen LogP contribution in [0.3, 0.4) is 0 Å². The Morgan fingerprint density at radius 3 is 2.92 bits per heavy atom. The van der Waals surface area contributed by atoms with E-state index in [2.05, 4.69) is 22.2 Å². The van der Waals surface area contributed by atoms with Crippen molar-refractivity contribution in [3.63, 3.8) is 0 Å². The van der Waals surface area contributed by atoms with Gasteiger partial charge < -0.3 is 15.3 Å². The van der Waals surface area contributed by atoms with Gasteiger partial charge in [-0.1, -0.05) is 6.92 Å². The third-order valence-corrected chi connectivity index (χ3v) is 2.61. The zero-order valence-electron chi connectivity index (χ0n) is 7.76. The summed E-state index contributed by atoms with van der Waals surface area (Å²) in [6.07, 6.45) is 4.24. The van der Waals surface area contributed by atoms with E-state index in [9.17, 15) is 4.79 Å². The van der Waals surface area contributed by atoms with Crippen LogP contribution >= 0.6 is 0 Å². The molecule has 0 radical (unpaired) electrons. The summed E-state index contributed by atoms with van der Waals surface area (Å²) >= 11 is 0. The molecule has 1 aliphatic carbocycles. The van der Waals surface area contributed by atoms with E-state index in [4.69, 9.17) is 0 Å². The van der Waals surface area contributed by atoms with Gasteiger partial charge in [0.05, 0.1) is 0 Å². The number of H-pyrrole nitrogens is 2. The van der Waals surface area contributed by atoms with Crippen molar-refractivity contribution in [1.82, 2.24) is 15.3 Å². The molecule has 0 unspecified atom stereocenters. The van der Waals surface area contributed by atoms with Crippen molar-refractivity contribution in [3.8, 4) is 0 Å². The minimum absolute atomic E-state index is 0.126. The number of imidazole rings is 1. The predicted octanol–water partition coefficient (Wildman–Crippen LogP) is 0.591. The van der Waals surface area contributed by atoms with Crippen LogP contribution in [-0.2, 0) is 6.54 Å². The molecular weight excluding hydrogens is 166 g/mol. The van der Waals surface area contributed by atoms with Gasteiger partial charge in [0, 0.05) is 24.5 Å². The molecule has 0 saturated heterocycles. The monoisotopic (exact) mass is 181 g/mol. The van der Waals surface area contributed by atoms with Gasteiger partial charge in [-0.15, -0.1) is 0 Å². The van der Waals surface area contributed by atoms with E-state index >= 15 is 0 Å². The number of nitrogens with one attached hydrogen (secondary N) is 3. The molecule has 0 bridgehead atoms. The van der Waals surface area contributed by atoms with E-state index < -0.39 is 0 Å². The van der Waals surface area contributed by atoms with Crippen molar-refractivity contribution < 1.29 is 0 Å². The molecule has 1 heterocycles. The summed E-state index contributed by atoms with van der Waals surface area (Å²) in [5.74, 6) is 0.864. The number of rotatable bonds is 3. The standard InChI is InChI=1S/C9H15N3O/c1-6-2-7(3-6)10-4-8-5-11-9(13)12-8/h5-7,10H,2-4H2,1H3,(H2,11,12,13). The SMILES string of the molecule is CC1CC(NCc2c[nH]c(=O)[nH]2)C1. The highest BCUT2D eigenvalue weighted by Crippen LogP contribution is 2.26. The molecule has 2 rings (SSSR count). The van der Waals surface area contributed by atoms with Crippen LogP contribution in [0.25, 0.3) is 0 Å². The normalized spacial score (nSPS) is 27.2. The van der Waals surface area contributed by atoms with Gasteiger partial charge in [-0.2, -0.15) is 0 Å². The van der Waals surface area contributed by atoms with Crippen LogP contribution in [0.5, 0.6) is 0 Å². The Morgan fingerprint density at radius 1 is 1.62 bits per heavy atom. The number of aromatic amines is 2. The molecule has 3 N–H and O–H groups in total. The first-order chi connectivity index (χ1) is 6.24. The van der Waals surface area contributed by atoms with Crippen molar-refractivity contribution in [2.45, 2.75) is 32.4 Å². The second-order valence-corrected chi connectivity index (χ2v) is 3.92. The molecular formula is C9H15N3O. The second kappa shape index (κ2) is 3.38. The van der Waals surface area contributed by atoms with E-state index in [1.165, 1.54) is 12.8 Å². The lowest BCUT2D eigenvalue weighted by atomic mass is 9.82. The van der Waals surface area contributed by atoms with Crippen LogP contribution in [0.15, 0.2) is 11.0 Å². The topological polar surface area (TPSA) is 60.7 Å². The fraction of sp³-hybridized carbons (Fsp3) is 0.667. The van der Waals surface area contributed by atoms with E-state index in [0.29, 0.717) is 6.04 Å². The van der Waals surface area contributed by atoms with Crippen LogP contribution in [0, 0.1) is 5.92 Å². The highest BCUT2D eigenvalue weighted by atomic mass is 16.1. The summed E-state index contributed by atoms with van der Waals surface area (Å²) in [4.78, 5) is 16.0. The van der Waals surface area contributed by atoms with Gasteiger partial charge in [0.15, 0.2) is 0 Å². The van der Waals surface area contributed by atoms with Crippen molar-refractivity contribution in [1.29, 1.82) is 0 Å². The molecule has 1 fully saturated rings. The molecule has 0 spiro atoms. The Morgan fingerprint density at radius 2 is 2.38 bits per heavy atom. The minimum atomic E-state index is -0.126. The minimum Gasteiger partial charge on any atom is -0.313 e. The lowest BCUT2D eigenvalue weighted by Gasteiger charge is -2.33. The van der Waals surface area contributed by atoms with Gasteiger partial charge >= 0.3 is 5.69 Å². The first kappa shape index (κ1) is 8.56. The number of hydrogen-bond donors (Lipinski definition) is 3. The molecule has 0 aliphatic heterocycles. The van der Waals surface area contributed by atoms with Gasteiger partial charge in [0.2, 0.25) is 0 Å². The zero-order valence-corrected chi connectivity index (χ0v) is 7.76. The maximum absolute atomic E-state index is 10.7. The highest BCUT2D eigenvalue weighted by molar-refractivity contribution is 4.95. The van der Waals surface area contributed by atoms with Crippen LogP contribution in [0.1, 0.15) is 25.5 Å².